The number of aryl methyl sites for hydroxylation is 1. The fraction of sp³-hybridized carbons (Fsp3) is 0.410. The average molecular weight is 996 g/mol. The van der Waals surface area contributed by atoms with Gasteiger partial charge in [-0.25, -0.2) is 0 Å². The Kier molecular flexibility index (Phi) is 15.5. The summed E-state index contributed by atoms with van der Waals surface area (Å²) in [5.41, 5.74) is 12.0. The number of hydrogen-bond acceptors (Lipinski definition) is 7. The topological polar surface area (TPSA) is 183 Å². The molecule has 5 aliphatic rings. The maximum absolute atomic E-state index is 14.2. The smallest absolute Gasteiger partial charge is 0.253 e. The quantitative estimate of drug-likeness (QED) is 0.0376. The van der Waals surface area contributed by atoms with Crippen LogP contribution in [0.2, 0.25) is 0 Å². The molecule has 3 saturated carbocycles. The number of carbonyl (C=O) groups is 6. The third-order valence-electron chi connectivity index (χ3n) is 16.1. The summed E-state index contributed by atoms with van der Waals surface area (Å²) >= 11 is 0. The van der Waals surface area contributed by atoms with E-state index in [1.165, 1.54) is 5.56 Å². The molecule has 10 rings (SSSR count). The highest BCUT2D eigenvalue weighted by Gasteiger charge is 2.50. The Balaban J connectivity index is 0.752. The summed E-state index contributed by atoms with van der Waals surface area (Å²) in [7, 11) is 0. The molecule has 0 unspecified atom stereocenters. The summed E-state index contributed by atoms with van der Waals surface area (Å²) in [5, 5.41) is 12.7. The van der Waals surface area contributed by atoms with Gasteiger partial charge in [-0.15, -0.1) is 0 Å². The second-order valence-corrected chi connectivity index (χ2v) is 21.4. The molecule has 0 radical (unpaired) electrons. The monoisotopic (exact) mass is 996 g/mol. The number of carbonyl (C=O) groups excluding carboxylic acids is 6. The summed E-state index contributed by atoms with van der Waals surface area (Å²) in [6.07, 6.45) is 9.74. The van der Waals surface area contributed by atoms with E-state index in [2.05, 4.69) is 69.8 Å². The zero-order chi connectivity index (χ0) is 51.1. The van der Waals surface area contributed by atoms with Gasteiger partial charge in [-0.1, -0.05) is 129 Å². The summed E-state index contributed by atoms with van der Waals surface area (Å²) in [6.45, 7) is 0.834. The third-order valence-corrected chi connectivity index (χ3v) is 16.1. The van der Waals surface area contributed by atoms with Crippen molar-refractivity contribution in [2.75, 3.05) is 38.5 Å². The molecular weight excluding hydrogens is 927 g/mol. The Labute approximate surface area is 434 Å². The molecule has 2 heterocycles. The molecule has 5 fully saturated rings. The highest BCUT2D eigenvalue weighted by Crippen LogP contribution is 2.44. The van der Waals surface area contributed by atoms with Crippen molar-refractivity contribution in [2.24, 2.45) is 23.7 Å². The molecule has 0 aromatic heterocycles. The van der Waals surface area contributed by atoms with Gasteiger partial charge in [-0.3, -0.25) is 28.8 Å². The number of nitrogen functional groups attached to an aromatic ring is 1. The van der Waals surface area contributed by atoms with E-state index >= 15 is 0 Å². The van der Waals surface area contributed by atoms with E-state index in [0.717, 1.165) is 86.6 Å². The lowest BCUT2D eigenvalue weighted by atomic mass is 9.94. The van der Waals surface area contributed by atoms with Crippen LogP contribution in [0.4, 0.5) is 5.69 Å². The van der Waals surface area contributed by atoms with Gasteiger partial charge in [-0.05, 0) is 97.2 Å². The van der Waals surface area contributed by atoms with Crippen LogP contribution in [0.5, 0.6) is 0 Å². The van der Waals surface area contributed by atoms with Crippen LogP contribution in [0.15, 0.2) is 140 Å². The van der Waals surface area contributed by atoms with Gasteiger partial charge in [0.2, 0.25) is 23.6 Å². The van der Waals surface area contributed by atoms with Crippen LogP contribution in [0.3, 0.4) is 0 Å². The lowest BCUT2D eigenvalue weighted by molar-refractivity contribution is -0.133. The fourth-order valence-electron chi connectivity index (χ4n) is 11.4. The number of nitrogens with two attached hydrogens (primary N) is 1. The van der Waals surface area contributed by atoms with Gasteiger partial charge in [0.25, 0.3) is 11.8 Å². The van der Waals surface area contributed by atoms with Crippen LogP contribution in [0.25, 0.3) is 0 Å². The first-order valence-electron chi connectivity index (χ1n) is 26.9. The first kappa shape index (κ1) is 50.3. The van der Waals surface area contributed by atoms with E-state index in [1.807, 2.05) is 66.7 Å². The zero-order valence-electron chi connectivity index (χ0n) is 42.1. The van der Waals surface area contributed by atoms with Crippen molar-refractivity contribution in [3.63, 3.8) is 0 Å². The van der Waals surface area contributed by atoms with Crippen LogP contribution in [0, 0.1) is 23.7 Å². The number of likely N-dealkylation sites (tertiary alicyclic amines) is 2. The number of nitrogens with zero attached hydrogens (tertiary/aromatic N) is 2. The minimum atomic E-state index is -0.734. The molecule has 13 nitrogen and oxygen atoms in total. The van der Waals surface area contributed by atoms with E-state index < -0.39 is 23.7 Å². The Bertz CT molecular complexity index is 2700. The maximum Gasteiger partial charge on any atom is 0.253 e. The van der Waals surface area contributed by atoms with Gasteiger partial charge in [-0.2, -0.15) is 0 Å². The van der Waals surface area contributed by atoms with Gasteiger partial charge < -0.3 is 36.8 Å². The fourth-order valence-corrected chi connectivity index (χ4v) is 11.4. The number of benzene rings is 5. The Hall–Kier alpha value is -7.28. The second kappa shape index (κ2) is 22.9. The van der Waals surface area contributed by atoms with Gasteiger partial charge in [0.05, 0.1) is 23.7 Å². The Morgan fingerprint density at radius 1 is 0.419 bits per heavy atom. The Morgan fingerprint density at radius 2 is 0.770 bits per heavy atom. The van der Waals surface area contributed by atoms with Crippen molar-refractivity contribution in [3.8, 4) is 0 Å². The Morgan fingerprint density at radius 3 is 1.16 bits per heavy atom. The highest BCUT2D eigenvalue weighted by atomic mass is 16.2. The van der Waals surface area contributed by atoms with Crippen LogP contribution in [-0.4, -0.2) is 96.1 Å². The minimum absolute atomic E-state index is 0.0322. The predicted molar refractivity (Wildman–Crippen MR) is 285 cm³/mol. The van der Waals surface area contributed by atoms with Crippen molar-refractivity contribution in [1.29, 1.82) is 0 Å². The van der Waals surface area contributed by atoms with Crippen molar-refractivity contribution < 1.29 is 28.8 Å². The molecule has 5 aromatic carbocycles. The summed E-state index contributed by atoms with van der Waals surface area (Å²) in [5.74, 6) is -3.87. The molecular formula is C61H69N7O6. The number of unbranched alkanes of at least 4 members (excludes halogenated alkanes) is 5. The van der Waals surface area contributed by atoms with Crippen molar-refractivity contribution >= 4 is 41.1 Å². The molecule has 6 amide bonds. The van der Waals surface area contributed by atoms with E-state index in [0.29, 0.717) is 17.7 Å². The van der Waals surface area contributed by atoms with Crippen LogP contribution in [0.1, 0.15) is 119 Å². The van der Waals surface area contributed by atoms with E-state index in [1.54, 1.807) is 34.1 Å². The molecule has 0 bridgehead atoms. The molecule has 5 aromatic rings. The highest BCUT2D eigenvalue weighted by molar-refractivity contribution is 6.00. The average Bonchev–Trinajstić information content (AvgIpc) is 4.40. The predicted octanol–water partition coefficient (Wildman–Crippen LogP) is 7.36. The van der Waals surface area contributed by atoms with Gasteiger partial charge in [0.15, 0.2) is 0 Å². The number of amides is 6. The summed E-state index contributed by atoms with van der Waals surface area (Å²) in [4.78, 5) is 87.5. The molecule has 384 valence electrons. The SMILES string of the molecule is Nc1ccc(CCCCCCCCNC(=O)[C@@H]2CN(C(=O)c3ccc(C(=O)N4C[C@@H](C(=O)N[C@H]5C[C@@H]5c5ccccc5)[C@H](C(=O)N[C@H]5C[C@@H]5c5ccccc5)C4)cc3)C[C@H]2C(=O)N[C@H]2C[C@@H]2c2ccccc2)cc1. The molecule has 3 aliphatic carbocycles. The molecule has 74 heavy (non-hydrogen) atoms. The molecule has 2 aliphatic heterocycles. The number of rotatable bonds is 21. The number of nitrogens with one attached hydrogen (secondary N) is 4. The van der Waals surface area contributed by atoms with Crippen molar-refractivity contribution in [1.82, 2.24) is 31.1 Å². The van der Waals surface area contributed by atoms with E-state index in [9.17, 15) is 28.8 Å². The lowest BCUT2D eigenvalue weighted by Crippen LogP contribution is -2.43. The molecule has 13 heteroatoms. The first-order valence-corrected chi connectivity index (χ1v) is 26.9. The summed E-state index contributed by atoms with van der Waals surface area (Å²) in [6, 6.07) is 44.6. The molecule has 2 saturated heterocycles. The maximum atomic E-state index is 14.2. The van der Waals surface area contributed by atoms with Gasteiger partial charge in [0, 0.05) is 85.4 Å². The standard InChI is InChI=1S/C61H69N7O6/c62-45-29-23-39(24-30-45)16-8-3-1-2-4-15-31-63-56(69)49-35-67(36-50(49)57(70)64-53-32-46(53)40-17-9-5-10-18-40)60(73)43-25-27-44(28-26-43)61(74)68-37-51(58(71)65-54-33-47(54)41-19-11-6-12-20-41)52(38-68)59(72)66-55-34-48(55)42-21-13-7-14-22-42/h5-7,9-14,17-30,46-55H,1-4,8,15-16,31-38,62H2,(H,63,69)(H,64,70)(H,65,71)(H,66,72)/t46-,47-,48-,49-,50-,51-,52-,53+,54+,55+/m1/s1. The van der Waals surface area contributed by atoms with Crippen molar-refractivity contribution in [3.05, 3.63) is 173 Å². The van der Waals surface area contributed by atoms with E-state index in [-0.39, 0.29) is 97.5 Å². The van der Waals surface area contributed by atoms with Crippen LogP contribution in [-0.2, 0) is 25.6 Å². The van der Waals surface area contributed by atoms with Crippen LogP contribution < -0.4 is 27.0 Å². The van der Waals surface area contributed by atoms with Crippen molar-refractivity contribution in [2.45, 2.75) is 100 Å². The van der Waals surface area contributed by atoms with Gasteiger partial charge in [0.1, 0.15) is 0 Å². The first-order chi connectivity index (χ1) is 36.1. The van der Waals surface area contributed by atoms with Crippen LogP contribution >= 0.6 is 0 Å². The van der Waals surface area contributed by atoms with E-state index in [4.69, 9.17) is 5.73 Å². The number of anilines is 1. The largest absolute Gasteiger partial charge is 0.399 e. The normalized spacial score (nSPS) is 25.4. The summed E-state index contributed by atoms with van der Waals surface area (Å²) < 4.78 is 0. The number of hydrogen-bond donors (Lipinski definition) is 5. The zero-order valence-corrected chi connectivity index (χ0v) is 42.1. The molecule has 6 N–H and O–H groups in total. The molecule has 10 atom stereocenters. The third kappa shape index (κ3) is 12.2. The lowest BCUT2D eigenvalue weighted by Gasteiger charge is -2.18. The van der Waals surface area contributed by atoms with Gasteiger partial charge >= 0.3 is 0 Å². The second-order valence-electron chi connectivity index (χ2n) is 21.4. The molecule has 0 spiro atoms. The minimum Gasteiger partial charge on any atom is -0.399 e.